The van der Waals surface area contributed by atoms with Gasteiger partial charge in [0.15, 0.2) is 0 Å². The summed E-state index contributed by atoms with van der Waals surface area (Å²) in [6, 6.07) is 19.4. The molecule has 15 heteroatoms. The molecular formula is C41H60N6O9. The van der Waals surface area contributed by atoms with Crippen molar-refractivity contribution in [1.82, 2.24) is 30.2 Å². The second kappa shape index (κ2) is 22.6. The fraction of sp³-hybridized carbons (Fsp3) is 0.585. The van der Waals surface area contributed by atoms with Gasteiger partial charge in [0.1, 0.15) is 18.8 Å². The first-order chi connectivity index (χ1) is 26.9. The molecule has 6 rings (SSSR count). The van der Waals surface area contributed by atoms with Crippen molar-refractivity contribution in [2.75, 3.05) is 78.5 Å². The monoisotopic (exact) mass is 780 g/mol. The zero-order chi connectivity index (χ0) is 40.3. The van der Waals surface area contributed by atoms with Crippen LogP contribution in [0.4, 0.5) is 14.4 Å². The molecule has 4 amide bonds. The minimum absolute atomic E-state index is 0.142. The lowest BCUT2D eigenvalue weighted by Gasteiger charge is -2.36. The topological polar surface area (TPSA) is 170 Å². The zero-order valence-electron chi connectivity index (χ0n) is 33.2. The summed E-state index contributed by atoms with van der Waals surface area (Å²) < 4.78 is 15.8. The Morgan fingerprint density at radius 3 is 1.46 bits per heavy atom. The first-order valence-corrected chi connectivity index (χ1v) is 19.7. The van der Waals surface area contributed by atoms with Crippen LogP contribution >= 0.6 is 0 Å². The van der Waals surface area contributed by atoms with Crippen molar-refractivity contribution < 1.29 is 43.3 Å². The van der Waals surface area contributed by atoms with E-state index in [1.54, 1.807) is 14.7 Å². The molecule has 4 saturated heterocycles. The van der Waals surface area contributed by atoms with Crippen LogP contribution in [0.5, 0.6) is 0 Å². The van der Waals surface area contributed by atoms with Gasteiger partial charge in [-0.3, -0.25) is 9.59 Å². The van der Waals surface area contributed by atoms with E-state index in [9.17, 15) is 24.0 Å². The van der Waals surface area contributed by atoms with Gasteiger partial charge in [-0.1, -0.05) is 60.7 Å². The Morgan fingerprint density at radius 2 is 1.00 bits per heavy atom. The van der Waals surface area contributed by atoms with Gasteiger partial charge in [0.25, 0.3) is 0 Å². The van der Waals surface area contributed by atoms with Crippen LogP contribution in [-0.2, 0) is 37.0 Å². The van der Waals surface area contributed by atoms with E-state index in [-0.39, 0.29) is 42.6 Å². The van der Waals surface area contributed by atoms with E-state index in [1.165, 1.54) is 0 Å². The van der Waals surface area contributed by atoms with Crippen molar-refractivity contribution >= 4 is 30.2 Å². The Hall–Kier alpha value is -4.89. The number of carbonyl (C=O) groups is 5. The molecule has 0 bridgehead atoms. The number of carboxylic acids is 1. The number of nitrogens with zero attached hydrogens (tertiary/aromatic N) is 4. The van der Waals surface area contributed by atoms with Crippen LogP contribution in [0.1, 0.15) is 57.6 Å². The molecule has 2 aromatic rings. The van der Waals surface area contributed by atoms with E-state index < -0.39 is 11.6 Å². The second-order valence-corrected chi connectivity index (χ2v) is 15.2. The van der Waals surface area contributed by atoms with E-state index in [0.717, 1.165) is 63.2 Å². The van der Waals surface area contributed by atoms with Gasteiger partial charge in [0.05, 0.1) is 5.92 Å². The summed E-state index contributed by atoms with van der Waals surface area (Å²) >= 11 is 0. The number of rotatable bonds is 6. The van der Waals surface area contributed by atoms with Gasteiger partial charge in [0.2, 0.25) is 5.91 Å². The molecular weight excluding hydrogens is 720 g/mol. The predicted octanol–water partition coefficient (Wildman–Crippen LogP) is 4.41. The third-order valence-electron chi connectivity index (χ3n) is 9.82. The molecule has 0 aromatic heterocycles. The van der Waals surface area contributed by atoms with Crippen LogP contribution in [0, 0.1) is 11.8 Å². The Kier molecular flexibility index (Phi) is 17.7. The highest BCUT2D eigenvalue weighted by atomic mass is 16.6. The van der Waals surface area contributed by atoms with E-state index in [2.05, 4.69) is 10.6 Å². The summed E-state index contributed by atoms with van der Waals surface area (Å²) in [6.45, 7) is 14.3. The third kappa shape index (κ3) is 15.3. The number of nitrogens with one attached hydrogen (secondary N) is 2. The number of hydrogen-bond acceptors (Lipinski definition) is 10. The SMILES string of the molecule is CC(C)(C)OC(=O)N1CCC(C(=O)O)CC1.O=C(OCc1ccccc1)N1CCN(C(=O)C2CCNCC2)CC1.O=C(OCc1ccccc1)N1CCNCC1. The number of likely N-dealkylation sites (tertiary alicyclic amines) is 1. The molecule has 0 aliphatic carbocycles. The molecule has 0 atom stereocenters. The highest BCUT2D eigenvalue weighted by molar-refractivity contribution is 5.79. The van der Waals surface area contributed by atoms with Crippen molar-refractivity contribution in [1.29, 1.82) is 0 Å². The fourth-order valence-corrected chi connectivity index (χ4v) is 6.54. The van der Waals surface area contributed by atoms with Crippen molar-refractivity contribution in [2.45, 2.75) is 65.3 Å². The highest BCUT2D eigenvalue weighted by Crippen LogP contribution is 2.20. The van der Waals surface area contributed by atoms with E-state index >= 15 is 0 Å². The average Bonchev–Trinajstić information content (AvgIpc) is 3.23. The van der Waals surface area contributed by atoms with Gasteiger partial charge in [-0.15, -0.1) is 0 Å². The Morgan fingerprint density at radius 1 is 0.571 bits per heavy atom. The second-order valence-electron chi connectivity index (χ2n) is 15.2. The standard InChI is InChI=1S/C18H25N3O3.C12H16N2O2.C11H19NO4/c22-17(16-6-8-19-9-7-16)20-10-12-21(13-11-20)18(23)24-14-15-4-2-1-3-5-15;15-12(14-8-6-13-7-9-14)16-10-11-4-2-1-3-5-11;1-11(2,3)16-10(15)12-6-4-8(5-7-12)9(13)14/h1-5,16,19H,6-14H2;1-5,13H,6-10H2;8H,4-7H2,1-3H3,(H,13,14). The number of hydrogen-bond donors (Lipinski definition) is 3. The van der Waals surface area contributed by atoms with Gasteiger partial charge in [-0.2, -0.15) is 0 Å². The fourth-order valence-electron chi connectivity index (χ4n) is 6.54. The predicted molar refractivity (Wildman–Crippen MR) is 210 cm³/mol. The highest BCUT2D eigenvalue weighted by Gasteiger charge is 2.31. The Bertz CT molecular complexity index is 1510. The number of piperazine rings is 2. The first kappa shape index (κ1) is 43.8. The van der Waals surface area contributed by atoms with Crippen molar-refractivity contribution in [3.05, 3.63) is 71.8 Å². The minimum atomic E-state index is -0.774. The first-order valence-electron chi connectivity index (χ1n) is 19.7. The van der Waals surface area contributed by atoms with Crippen molar-refractivity contribution in [3.63, 3.8) is 0 Å². The van der Waals surface area contributed by atoms with Crippen LogP contribution in [0.3, 0.4) is 0 Å². The van der Waals surface area contributed by atoms with Crippen LogP contribution in [0.2, 0.25) is 0 Å². The molecule has 308 valence electrons. The summed E-state index contributed by atoms with van der Waals surface area (Å²) in [5.41, 5.74) is 1.50. The molecule has 4 fully saturated rings. The van der Waals surface area contributed by atoms with E-state index in [1.807, 2.05) is 86.3 Å². The maximum atomic E-state index is 12.5. The number of ether oxygens (including phenoxy) is 3. The molecule has 15 nitrogen and oxygen atoms in total. The van der Waals surface area contributed by atoms with Gasteiger partial charge in [-0.05, 0) is 70.7 Å². The minimum Gasteiger partial charge on any atom is -0.481 e. The smallest absolute Gasteiger partial charge is 0.410 e. The van der Waals surface area contributed by atoms with Crippen LogP contribution in [0.15, 0.2) is 60.7 Å². The number of carboxylic acid groups (broad SMARTS) is 1. The lowest BCUT2D eigenvalue weighted by Crippen LogP contribution is -2.52. The van der Waals surface area contributed by atoms with Crippen molar-refractivity contribution in [3.8, 4) is 0 Å². The molecule has 56 heavy (non-hydrogen) atoms. The number of benzene rings is 2. The van der Waals surface area contributed by atoms with Gasteiger partial charge in [-0.25, -0.2) is 14.4 Å². The molecule has 2 aromatic carbocycles. The van der Waals surface area contributed by atoms with E-state index in [0.29, 0.717) is 58.7 Å². The van der Waals surface area contributed by atoms with Gasteiger partial charge < -0.3 is 49.6 Å². The summed E-state index contributed by atoms with van der Waals surface area (Å²) in [4.78, 5) is 65.6. The molecule has 4 heterocycles. The van der Waals surface area contributed by atoms with Gasteiger partial charge >= 0.3 is 24.2 Å². The maximum absolute atomic E-state index is 12.5. The van der Waals surface area contributed by atoms with Crippen molar-refractivity contribution in [2.24, 2.45) is 11.8 Å². The lowest BCUT2D eigenvalue weighted by atomic mass is 9.96. The molecule has 0 radical (unpaired) electrons. The van der Waals surface area contributed by atoms with Crippen LogP contribution < -0.4 is 10.6 Å². The number of amides is 4. The maximum Gasteiger partial charge on any atom is 0.410 e. The number of piperidine rings is 2. The molecule has 4 aliphatic heterocycles. The zero-order valence-corrected chi connectivity index (χ0v) is 33.2. The summed E-state index contributed by atoms with van der Waals surface area (Å²) in [6.07, 6.45) is 1.98. The Labute approximate surface area is 330 Å². The van der Waals surface area contributed by atoms with E-state index in [4.69, 9.17) is 19.3 Å². The normalized spacial score (nSPS) is 18.0. The third-order valence-corrected chi connectivity index (χ3v) is 9.82. The quantitative estimate of drug-likeness (QED) is 0.355. The summed E-state index contributed by atoms with van der Waals surface area (Å²) in [5.74, 6) is -0.709. The molecule has 3 N–H and O–H groups in total. The van der Waals surface area contributed by atoms with Crippen LogP contribution in [0.25, 0.3) is 0 Å². The van der Waals surface area contributed by atoms with Crippen LogP contribution in [-0.4, -0.2) is 139 Å². The number of carbonyl (C=O) groups excluding carboxylic acids is 4. The average molecular weight is 781 g/mol. The summed E-state index contributed by atoms with van der Waals surface area (Å²) in [7, 11) is 0. The largest absolute Gasteiger partial charge is 0.481 e. The Balaban J connectivity index is 0.000000193. The number of aliphatic carboxylic acids is 1. The summed E-state index contributed by atoms with van der Waals surface area (Å²) in [5, 5.41) is 15.3. The molecule has 4 aliphatic rings. The van der Waals surface area contributed by atoms with Gasteiger partial charge in [0, 0.05) is 71.4 Å². The molecule has 0 saturated carbocycles. The molecule has 0 unspecified atom stereocenters. The molecule has 0 spiro atoms. The lowest BCUT2D eigenvalue weighted by molar-refractivity contribution is -0.143.